The Labute approximate surface area is 126 Å². The van der Waals surface area contributed by atoms with E-state index in [1.807, 2.05) is 6.92 Å². The van der Waals surface area contributed by atoms with E-state index in [0.29, 0.717) is 30.5 Å². The van der Waals surface area contributed by atoms with Crippen LogP contribution in [0.15, 0.2) is 12.1 Å². The van der Waals surface area contributed by atoms with Gasteiger partial charge >= 0.3 is 0 Å². The summed E-state index contributed by atoms with van der Waals surface area (Å²) in [5, 5.41) is 2.87. The molecule has 0 saturated heterocycles. The van der Waals surface area contributed by atoms with E-state index in [9.17, 15) is 4.79 Å². The first-order chi connectivity index (χ1) is 10.1. The van der Waals surface area contributed by atoms with Crippen molar-refractivity contribution < 1.29 is 9.53 Å². The number of carbonyl (C=O) groups excluding carboxylic acids is 1. The molecule has 0 fully saturated rings. The topological polar surface area (TPSA) is 89.3 Å². The Bertz CT molecular complexity index is 427. The molecular weight excluding hydrogens is 268 g/mol. The summed E-state index contributed by atoms with van der Waals surface area (Å²) in [4.78, 5) is 16.3. The summed E-state index contributed by atoms with van der Waals surface area (Å²) in [7, 11) is 0. The third kappa shape index (κ3) is 6.55. The largest absolute Gasteiger partial charge is 0.381 e. The van der Waals surface area contributed by atoms with Crippen LogP contribution in [-0.4, -0.2) is 30.6 Å². The smallest absolute Gasteiger partial charge is 0.251 e. The number of nitrogens with two attached hydrogens (primary N) is 1. The van der Waals surface area contributed by atoms with Crippen molar-refractivity contribution in [1.82, 2.24) is 10.3 Å². The van der Waals surface area contributed by atoms with Gasteiger partial charge in [-0.3, -0.25) is 4.79 Å². The minimum absolute atomic E-state index is 0.118. The van der Waals surface area contributed by atoms with E-state index in [4.69, 9.17) is 10.6 Å². The number of aromatic nitrogens is 1. The van der Waals surface area contributed by atoms with E-state index in [-0.39, 0.29) is 5.91 Å². The lowest BCUT2D eigenvalue weighted by molar-refractivity contribution is 0.0925. The minimum Gasteiger partial charge on any atom is -0.381 e. The highest BCUT2D eigenvalue weighted by atomic mass is 16.5. The fraction of sp³-hybridized carbons (Fsp3) is 0.600. The number of amides is 1. The number of hydrogen-bond donors (Lipinski definition) is 3. The zero-order valence-corrected chi connectivity index (χ0v) is 13.1. The molecule has 4 N–H and O–H groups in total. The fourth-order valence-corrected chi connectivity index (χ4v) is 1.77. The first kappa shape index (κ1) is 17.4. The van der Waals surface area contributed by atoms with Crippen LogP contribution < -0.4 is 16.6 Å². The lowest BCUT2D eigenvalue weighted by Gasteiger charge is -2.09. The van der Waals surface area contributed by atoms with E-state index in [2.05, 4.69) is 29.6 Å². The van der Waals surface area contributed by atoms with Crippen molar-refractivity contribution in [3.63, 3.8) is 0 Å². The van der Waals surface area contributed by atoms with Crippen LogP contribution in [-0.2, 0) is 11.2 Å². The van der Waals surface area contributed by atoms with Gasteiger partial charge in [0.15, 0.2) is 0 Å². The first-order valence-electron chi connectivity index (χ1n) is 7.40. The van der Waals surface area contributed by atoms with Gasteiger partial charge in [0.2, 0.25) is 0 Å². The molecule has 21 heavy (non-hydrogen) atoms. The number of ether oxygens (including phenoxy) is 1. The number of nitrogens with one attached hydrogen (secondary N) is 2. The third-order valence-corrected chi connectivity index (χ3v) is 2.85. The second-order valence-corrected chi connectivity index (χ2v) is 5.31. The molecule has 0 saturated carbocycles. The van der Waals surface area contributed by atoms with Crippen molar-refractivity contribution in [2.24, 2.45) is 11.8 Å². The number of carbonyl (C=O) groups is 1. The average Bonchev–Trinajstić information content (AvgIpc) is 2.49. The molecule has 0 aromatic carbocycles. The number of nitrogen functional groups attached to an aromatic ring is 1. The molecule has 0 unspecified atom stereocenters. The van der Waals surface area contributed by atoms with Crippen LogP contribution in [0, 0.1) is 5.92 Å². The maximum Gasteiger partial charge on any atom is 0.251 e. The van der Waals surface area contributed by atoms with Gasteiger partial charge in [0, 0.05) is 31.0 Å². The van der Waals surface area contributed by atoms with Crippen LogP contribution in [0.4, 0.5) is 5.82 Å². The second kappa shape index (κ2) is 9.31. The number of anilines is 1. The van der Waals surface area contributed by atoms with Crippen LogP contribution in [0.3, 0.4) is 0 Å². The van der Waals surface area contributed by atoms with E-state index in [1.54, 1.807) is 12.1 Å². The van der Waals surface area contributed by atoms with E-state index in [0.717, 1.165) is 25.1 Å². The monoisotopic (exact) mass is 294 g/mol. The summed E-state index contributed by atoms with van der Waals surface area (Å²) >= 11 is 0. The normalized spacial score (nSPS) is 10.7. The molecule has 1 aromatic heterocycles. The van der Waals surface area contributed by atoms with Crippen molar-refractivity contribution in [3.8, 4) is 0 Å². The molecule has 0 aliphatic rings. The lowest BCUT2D eigenvalue weighted by atomic mass is 10.2. The summed E-state index contributed by atoms with van der Waals surface area (Å²) in [6.07, 6.45) is 1.55. The standard InChI is InChI=1S/C15H26N4O2/c1-4-13-8-12(9-14(18-13)19-16)15(20)17-6-5-7-21-10-11(2)3/h8-9,11H,4-7,10,16H2,1-3H3,(H,17,20)(H,18,19). The Kier molecular flexibility index (Phi) is 7.71. The average molecular weight is 294 g/mol. The molecule has 118 valence electrons. The molecule has 0 radical (unpaired) electrons. The summed E-state index contributed by atoms with van der Waals surface area (Å²) in [5.74, 6) is 6.28. The Morgan fingerprint density at radius 1 is 1.43 bits per heavy atom. The Morgan fingerprint density at radius 2 is 2.19 bits per heavy atom. The minimum atomic E-state index is -0.118. The number of nitrogens with zero attached hydrogens (tertiary/aromatic N) is 1. The van der Waals surface area contributed by atoms with Crippen molar-refractivity contribution in [2.45, 2.75) is 33.6 Å². The van der Waals surface area contributed by atoms with Gasteiger partial charge in [-0.05, 0) is 30.9 Å². The van der Waals surface area contributed by atoms with Gasteiger partial charge in [0.25, 0.3) is 5.91 Å². The van der Waals surface area contributed by atoms with E-state index < -0.39 is 0 Å². The number of hydrogen-bond acceptors (Lipinski definition) is 5. The molecule has 0 aliphatic heterocycles. The van der Waals surface area contributed by atoms with Crippen LogP contribution in [0.25, 0.3) is 0 Å². The molecule has 0 aliphatic carbocycles. The van der Waals surface area contributed by atoms with Crippen molar-refractivity contribution in [1.29, 1.82) is 0 Å². The molecule has 1 aromatic rings. The van der Waals surface area contributed by atoms with Gasteiger partial charge in [0.05, 0.1) is 0 Å². The third-order valence-electron chi connectivity index (χ3n) is 2.85. The second-order valence-electron chi connectivity index (χ2n) is 5.31. The maximum atomic E-state index is 12.1. The molecule has 1 rings (SSSR count). The summed E-state index contributed by atoms with van der Waals surface area (Å²) in [5.41, 5.74) is 3.88. The molecule has 0 spiro atoms. The quantitative estimate of drug-likeness (QED) is 0.366. The molecule has 6 heteroatoms. The molecule has 1 heterocycles. The van der Waals surface area contributed by atoms with Gasteiger partial charge in [-0.2, -0.15) is 0 Å². The molecular formula is C15H26N4O2. The molecule has 1 amide bonds. The fourth-order valence-electron chi connectivity index (χ4n) is 1.77. The van der Waals surface area contributed by atoms with Crippen molar-refractivity contribution >= 4 is 11.7 Å². The van der Waals surface area contributed by atoms with E-state index in [1.165, 1.54) is 0 Å². The van der Waals surface area contributed by atoms with Gasteiger partial charge in [0.1, 0.15) is 5.82 Å². The first-order valence-corrected chi connectivity index (χ1v) is 7.40. The summed E-state index contributed by atoms with van der Waals surface area (Å²) in [6, 6.07) is 3.43. The summed E-state index contributed by atoms with van der Waals surface area (Å²) < 4.78 is 5.47. The molecule has 0 atom stereocenters. The zero-order chi connectivity index (χ0) is 15.7. The highest BCUT2D eigenvalue weighted by molar-refractivity contribution is 5.94. The Morgan fingerprint density at radius 3 is 2.81 bits per heavy atom. The molecule has 0 bridgehead atoms. The van der Waals surface area contributed by atoms with Crippen LogP contribution in [0.5, 0.6) is 0 Å². The van der Waals surface area contributed by atoms with E-state index >= 15 is 0 Å². The highest BCUT2D eigenvalue weighted by Gasteiger charge is 2.08. The van der Waals surface area contributed by atoms with Gasteiger partial charge in [-0.1, -0.05) is 20.8 Å². The van der Waals surface area contributed by atoms with Crippen LogP contribution in [0.2, 0.25) is 0 Å². The summed E-state index contributed by atoms with van der Waals surface area (Å²) in [6.45, 7) is 8.20. The van der Waals surface area contributed by atoms with Gasteiger partial charge in [-0.15, -0.1) is 0 Å². The molecule has 6 nitrogen and oxygen atoms in total. The van der Waals surface area contributed by atoms with Gasteiger partial charge in [-0.25, -0.2) is 10.8 Å². The van der Waals surface area contributed by atoms with Crippen molar-refractivity contribution in [3.05, 3.63) is 23.4 Å². The Balaban J connectivity index is 2.41. The van der Waals surface area contributed by atoms with Crippen LogP contribution >= 0.6 is 0 Å². The Hall–Kier alpha value is -1.66. The predicted octanol–water partition coefficient (Wildman–Crippen LogP) is 1.72. The predicted molar refractivity (Wildman–Crippen MR) is 84.0 cm³/mol. The SMILES string of the molecule is CCc1cc(C(=O)NCCCOCC(C)C)cc(NN)n1. The van der Waals surface area contributed by atoms with Crippen molar-refractivity contribution in [2.75, 3.05) is 25.2 Å². The number of hydrazine groups is 1. The lowest BCUT2D eigenvalue weighted by Crippen LogP contribution is -2.26. The number of pyridine rings is 1. The highest BCUT2D eigenvalue weighted by Crippen LogP contribution is 2.10. The maximum absolute atomic E-state index is 12.1. The number of aryl methyl sites for hydroxylation is 1. The van der Waals surface area contributed by atoms with Crippen LogP contribution in [0.1, 0.15) is 43.2 Å². The zero-order valence-electron chi connectivity index (χ0n) is 13.1. The number of rotatable bonds is 9. The van der Waals surface area contributed by atoms with Gasteiger partial charge < -0.3 is 15.5 Å².